The Kier molecular flexibility index (Phi) is 4.69. The van der Waals surface area contributed by atoms with Crippen molar-refractivity contribution in [2.24, 2.45) is 0 Å². The molecule has 1 aliphatic heterocycles. The summed E-state index contributed by atoms with van der Waals surface area (Å²) >= 11 is 13.8. The van der Waals surface area contributed by atoms with Gasteiger partial charge in [0.15, 0.2) is 17.2 Å². The summed E-state index contributed by atoms with van der Waals surface area (Å²) in [5.74, 6) is 0.970. The molecule has 7 nitrogen and oxygen atoms in total. The molecule has 0 atom stereocenters. The number of benzene rings is 2. The minimum Gasteiger partial charge on any atom is -0.493 e. The van der Waals surface area contributed by atoms with Crippen LogP contribution in [0.3, 0.4) is 0 Å². The topological polar surface area (TPSA) is 82.2 Å². The highest BCUT2D eigenvalue weighted by Crippen LogP contribution is 2.36. The van der Waals surface area contributed by atoms with Gasteiger partial charge in [0.25, 0.3) is 0 Å². The van der Waals surface area contributed by atoms with E-state index in [2.05, 4.69) is 15.6 Å². The maximum absolute atomic E-state index is 12.7. The number of fused-ring (bicyclic) bond motifs is 2. The van der Waals surface area contributed by atoms with E-state index in [-0.39, 0.29) is 0 Å². The van der Waals surface area contributed by atoms with Gasteiger partial charge >= 0.3 is 5.63 Å². The predicted molar refractivity (Wildman–Crippen MR) is 118 cm³/mol. The van der Waals surface area contributed by atoms with Gasteiger partial charge in [0, 0.05) is 16.4 Å². The van der Waals surface area contributed by atoms with Crippen LogP contribution in [0.4, 0.5) is 0 Å². The normalized spacial score (nSPS) is 13.0. The fraction of sp³-hybridized carbons (Fsp3) is 0.0500. The van der Waals surface area contributed by atoms with Gasteiger partial charge in [-0.3, -0.25) is 5.43 Å². The summed E-state index contributed by atoms with van der Waals surface area (Å²) in [7, 11) is 1.53. The third kappa shape index (κ3) is 3.04. The number of rotatable bonds is 3. The second-order valence-electron chi connectivity index (χ2n) is 6.33. The molecule has 0 spiro atoms. The second-order valence-corrected chi connectivity index (χ2v) is 7.95. The van der Waals surface area contributed by atoms with Crippen molar-refractivity contribution in [2.75, 3.05) is 12.5 Å². The highest BCUT2D eigenvalue weighted by atomic mass is 35.5. The van der Waals surface area contributed by atoms with Crippen LogP contribution in [-0.4, -0.2) is 22.0 Å². The van der Waals surface area contributed by atoms with Gasteiger partial charge in [-0.2, -0.15) is 0 Å². The molecule has 2 aromatic heterocycles. The smallest absolute Gasteiger partial charge is 0.345 e. The molecular weight excluding hydrogens is 447 g/mol. The van der Waals surface area contributed by atoms with Crippen LogP contribution >= 0.6 is 35.0 Å². The summed E-state index contributed by atoms with van der Waals surface area (Å²) in [5, 5.41) is 12.3. The SMILES string of the molecule is COc1cccc2cc(C3=CSc4nnc(-c5cccc(Cl)c5Cl)n4N3)c(=O)oc12. The number of nitrogens with zero attached hydrogens (tertiary/aromatic N) is 3. The fourth-order valence-corrected chi connectivity index (χ4v) is 4.26. The van der Waals surface area contributed by atoms with Crippen molar-refractivity contribution in [2.45, 2.75) is 5.16 Å². The van der Waals surface area contributed by atoms with Crippen molar-refractivity contribution in [1.82, 2.24) is 14.9 Å². The van der Waals surface area contributed by atoms with E-state index in [4.69, 9.17) is 32.4 Å². The van der Waals surface area contributed by atoms with E-state index in [0.717, 1.165) is 5.39 Å². The van der Waals surface area contributed by atoms with Gasteiger partial charge in [-0.25, -0.2) is 9.47 Å². The first-order valence-electron chi connectivity index (χ1n) is 8.71. The maximum Gasteiger partial charge on any atom is 0.345 e. The number of para-hydroxylation sites is 1. The van der Waals surface area contributed by atoms with Crippen molar-refractivity contribution in [1.29, 1.82) is 0 Å². The van der Waals surface area contributed by atoms with E-state index in [1.54, 1.807) is 40.4 Å². The van der Waals surface area contributed by atoms with Gasteiger partial charge < -0.3 is 9.15 Å². The van der Waals surface area contributed by atoms with Crippen molar-refractivity contribution in [3.8, 4) is 17.1 Å². The third-order valence-electron chi connectivity index (χ3n) is 4.57. The Hall–Kier alpha value is -2.94. The molecule has 0 saturated carbocycles. The molecule has 0 unspecified atom stereocenters. The van der Waals surface area contributed by atoms with Crippen molar-refractivity contribution >= 4 is 51.6 Å². The van der Waals surface area contributed by atoms with Crippen LogP contribution < -0.4 is 15.8 Å². The van der Waals surface area contributed by atoms with E-state index in [9.17, 15) is 4.79 Å². The highest BCUT2D eigenvalue weighted by molar-refractivity contribution is 8.02. The van der Waals surface area contributed by atoms with Gasteiger partial charge in [0.05, 0.1) is 28.4 Å². The molecule has 0 aliphatic carbocycles. The highest BCUT2D eigenvalue weighted by Gasteiger charge is 2.23. The van der Waals surface area contributed by atoms with Crippen molar-refractivity contribution in [3.05, 3.63) is 73.9 Å². The number of methoxy groups -OCH3 is 1. The zero-order chi connectivity index (χ0) is 20.8. The molecule has 0 saturated heterocycles. The zero-order valence-corrected chi connectivity index (χ0v) is 17.7. The summed E-state index contributed by atoms with van der Waals surface area (Å²) in [6.07, 6.45) is 0. The van der Waals surface area contributed by atoms with E-state index < -0.39 is 5.63 Å². The Labute approximate surface area is 184 Å². The number of halogens is 2. The summed E-state index contributed by atoms with van der Waals surface area (Å²) in [6, 6.07) is 12.5. The van der Waals surface area contributed by atoms with Crippen LogP contribution in [0.5, 0.6) is 5.75 Å². The number of nitrogens with one attached hydrogen (secondary N) is 1. The minimum atomic E-state index is -0.495. The largest absolute Gasteiger partial charge is 0.493 e. The number of aromatic nitrogens is 3. The van der Waals surface area contributed by atoms with Crippen LogP contribution in [0.2, 0.25) is 10.0 Å². The van der Waals surface area contributed by atoms with Crippen LogP contribution in [0.1, 0.15) is 5.56 Å². The fourth-order valence-electron chi connectivity index (χ4n) is 3.15. The van der Waals surface area contributed by atoms with Crippen LogP contribution in [-0.2, 0) is 0 Å². The van der Waals surface area contributed by atoms with Crippen LogP contribution in [0.25, 0.3) is 28.1 Å². The Morgan fingerprint density at radius 1 is 1.13 bits per heavy atom. The number of hydrogen-bond donors (Lipinski definition) is 1. The van der Waals surface area contributed by atoms with Crippen molar-refractivity contribution in [3.63, 3.8) is 0 Å². The predicted octanol–water partition coefficient (Wildman–Crippen LogP) is 5.01. The molecule has 0 bridgehead atoms. The maximum atomic E-state index is 12.7. The lowest BCUT2D eigenvalue weighted by molar-refractivity contribution is 0.406. The van der Waals surface area contributed by atoms with Crippen LogP contribution in [0.15, 0.2) is 62.2 Å². The Morgan fingerprint density at radius 2 is 1.97 bits per heavy atom. The van der Waals surface area contributed by atoms with Gasteiger partial charge in [0.2, 0.25) is 5.16 Å². The Balaban J connectivity index is 1.59. The molecule has 3 heterocycles. The summed E-state index contributed by atoms with van der Waals surface area (Å²) < 4.78 is 12.5. The summed E-state index contributed by atoms with van der Waals surface area (Å²) in [6.45, 7) is 0. The number of thioether (sulfide) groups is 1. The van der Waals surface area contributed by atoms with E-state index in [1.807, 2.05) is 12.1 Å². The summed E-state index contributed by atoms with van der Waals surface area (Å²) in [4.78, 5) is 12.7. The Bertz CT molecular complexity index is 1400. The average Bonchev–Trinajstić information content (AvgIpc) is 3.18. The van der Waals surface area contributed by atoms with Crippen molar-refractivity contribution < 1.29 is 9.15 Å². The zero-order valence-electron chi connectivity index (χ0n) is 15.3. The number of ether oxygens (including phenoxy) is 1. The molecule has 0 fully saturated rings. The lowest BCUT2D eigenvalue weighted by atomic mass is 10.1. The van der Waals surface area contributed by atoms with Gasteiger partial charge in [0.1, 0.15) is 0 Å². The van der Waals surface area contributed by atoms with E-state index in [1.165, 1.54) is 18.9 Å². The third-order valence-corrected chi connectivity index (χ3v) is 6.22. The van der Waals surface area contributed by atoms with Gasteiger partial charge in [-0.15, -0.1) is 10.2 Å². The van der Waals surface area contributed by atoms with Gasteiger partial charge in [-0.1, -0.05) is 53.2 Å². The Morgan fingerprint density at radius 3 is 2.80 bits per heavy atom. The lowest BCUT2D eigenvalue weighted by Crippen LogP contribution is -2.21. The molecule has 2 aromatic carbocycles. The molecule has 0 radical (unpaired) electrons. The first-order valence-corrected chi connectivity index (χ1v) is 10.4. The minimum absolute atomic E-state index is 0.366. The first-order chi connectivity index (χ1) is 14.6. The molecular formula is C20H12Cl2N4O3S. The number of hydrogen-bond acceptors (Lipinski definition) is 7. The van der Waals surface area contributed by atoms with Gasteiger partial charge in [-0.05, 0) is 24.3 Å². The molecule has 150 valence electrons. The van der Waals surface area contributed by atoms with Crippen LogP contribution in [0, 0.1) is 0 Å². The molecule has 1 aliphatic rings. The molecule has 5 rings (SSSR count). The van der Waals surface area contributed by atoms with E-state index in [0.29, 0.717) is 49.2 Å². The monoisotopic (exact) mass is 458 g/mol. The molecule has 0 amide bonds. The molecule has 1 N–H and O–H groups in total. The average molecular weight is 459 g/mol. The lowest BCUT2D eigenvalue weighted by Gasteiger charge is -2.19. The van der Waals surface area contributed by atoms with E-state index >= 15 is 0 Å². The standard InChI is InChI=1S/C20H12Cl2N4O3S/c1-28-15-7-2-4-10-8-12(19(27)29-17(10)15)14-9-30-20-24-23-18(26(20)25-14)11-5-3-6-13(21)16(11)22/h2-9,25H,1H3. The molecule has 30 heavy (non-hydrogen) atoms. The second kappa shape index (κ2) is 7.39. The quantitative estimate of drug-likeness (QED) is 0.431. The molecule has 4 aromatic rings. The molecule has 10 heteroatoms. The first kappa shape index (κ1) is 19.0. The summed E-state index contributed by atoms with van der Waals surface area (Å²) in [5.41, 5.74) is 4.61.